The van der Waals surface area contributed by atoms with E-state index in [1.807, 2.05) is 6.08 Å². The van der Waals surface area contributed by atoms with Crippen LogP contribution < -0.4 is 0 Å². The van der Waals surface area contributed by atoms with Crippen LogP contribution in [0.25, 0.3) is 0 Å². The summed E-state index contributed by atoms with van der Waals surface area (Å²) in [5, 5.41) is 3.55. The van der Waals surface area contributed by atoms with Crippen LogP contribution in [0.4, 0.5) is 0 Å². The van der Waals surface area contributed by atoms with Crippen molar-refractivity contribution in [2.24, 2.45) is 5.16 Å². The van der Waals surface area contributed by atoms with Gasteiger partial charge in [-0.1, -0.05) is 11.2 Å². The van der Waals surface area contributed by atoms with Crippen molar-refractivity contribution in [1.29, 1.82) is 0 Å². The largest absolute Gasteiger partial charge is 0.391 e. The number of allylic oxidation sites excluding steroid dienone is 1. The molecule has 0 unspecified atom stereocenters. The number of oxime groups is 1. The quantitative estimate of drug-likeness (QED) is 0.436. The summed E-state index contributed by atoms with van der Waals surface area (Å²) in [6, 6.07) is 0. The predicted octanol–water partition coefficient (Wildman–Crippen LogP) is 0.752. The van der Waals surface area contributed by atoms with Crippen LogP contribution in [0.1, 0.15) is 6.42 Å². The van der Waals surface area contributed by atoms with Crippen molar-refractivity contribution in [1.82, 2.24) is 0 Å². The highest BCUT2D eigenvalue weighted by atomic mass is 16.6. The second-order valence-corrected chi connectivity index (χ2v) is 1.21. The first-order valence-corrected chi connectivity index (χ1v) is 2.19. The molecule has 0 aliphatic carbocycles. The molecule has 7 heavy (non-hydrogen) atoms. The number of hydrogen-bond acceptors (Lipinski definition) is 2. The van der Waals surface area contributed by atoms with Crippen LogP contribution in [0.2, 0.25) is 0 Å². The molecule has 1 aliphatic heterocycles. The van der Waals surface area contributed by atoms with Gasteiger partial charge < -0.3 is 4.84 Å². The van der Waals surface area contributed by atoms with Crippen molar-refractivity contribution in [2.75, 3.05) is 6.61 Å². The maximum Gasteiger partial charge on any atom is 0.142 e. The first-order chi connectivity index (χ1) is 3.50. The van der Waals surface area contributed by atoms with Gasteiger partial charge in [0, 0.05) is 12.6 Å². The lowest BCUT2D eigenvalue weighted by Gasteiger charge is -1.83. The first-order valence-electron chi connectivity index (χ1n) is 2.19. The van der Waals surface area contributed by atoms with Gasteiger partial charge in [0.25, 0.3) is 0 Å². The van der Waals surface area contributed by atoms with Gasteiger partial charge in [0.15, 0.2) is 0 Å². The molecule has 0 aromatic carbocycles. The minimum Gasteiger partial charge on any atom is -0.391 e. The lowest BCUT2D eigenvalue weighted by atomic mass is 10.4. The molecule has 2 heteroatoms. The zero-order valence-corrected chi connectivity index (χ0v) is 3.92. The standard InChI is InChI=1S/C5H6NO/c1-2-4-6-7-5-3-1/h1,4H,2,5H2. The molecule has 1 rings (SSSR count). The maximum absolute atomic E-state index is 4.62. The first kappa shape index (κ1) is 4.37. The van der Waals surface area contributed by atoms with E-state index in [1.165, 1.54) is 0 Å². The van der Waals surface area contributed by atoms with Crippen molar-refractivity contribution in [3.05, 3.63) is 12.2 Å². The fourth-order valence-corrected chi connectivity index (χ4v) is 0.365. The molecule has 0 atom stereocenters. The maximum atomic E-state index is 4.62. The van der Waals surface area contributed by atoms with Crippen LogP contribution in [0, 0.1) is 6.08 Å². The highest BCUT2D eigenvalue weighted by molar-refractivity contribution is 5.58. The molecular formula is C5H6NO. The highest BCUT2D eigenvalue weighted by Crippen LogP contribution is 1.85. The average Bonchev–Trinajstić information content (AvgIpc) is 1.90. The van der Waals surface area contributed by atoms with Crippen LogP contribution in [0.5, 0.6) is 0 Å². The zero-order valence-electron chi connectivity index (χ0n) is 3.92. The highest BCUT2D eigenvalue weighted by Gasteiger charge is 1.80. The Balaban J connectivity index is 2.38. The number of hydrogen-bond donors (Lipinski definition) is 0. The van der Waals surface area contributed by atoms with E-state index in [-0.39, 0.29) is 0 Å². The van der Waals surface area contributed by atoms with Crippen molar-refractivity contribution < 1.29 is 4.84 Å². The van der Waals surface area contributed by atoms with Gasteiger partial charge in [-0.15, -0.1) is 0 Å². The summed E-state index contributed by atoms with van der Waals surface area (Å²) in [4.78, 5) is 4.62. The van der Waals surface area contributed by atoms with Gasteiger partial charge in [0.05, 0.1) is 0 Å². The molecule has 0 saturated carbocycles. The third-order valence-corrected chi connectivity index (χ3v) is 0.665. The third kappa shape index (κ3) is 1.39. The Morgan fingerprint density at radius 3 is 3.71 bits per heavy atom. The summed E-state index contributed by atoms with van der Waals surface area (Å²) in [6.07, 6.45) is 7.33. The van der Waals surface area contributed by atoms with Gasteiger partial charge in [-0.05, 0) is 6.08 Å². The monoisotopic (exact) mass is 96.0 g/mol. The van der Waals surface area contributed by atoms with Crippen molar-refractivity contribution in [3.8, 4) is 0 Å². The van der Waals surface area contributed by atoms with Crippen molar-refractivity contribution in [2.45, 2.75) is 6.42 Å². The smallest absolute Gasteiger partial charge is 0.142 e. The summed E-state index contributed by atoms with van der Waals surface area (Å²) in [5.74, 6) is 0. The molecule has 0 saturated heterocycles. The molecule has 0 aromatic heterocycles. The summed E-state index contributed by atoms with van der Waals surface area (Å²) in [7, 11) is 0. The van der Waals surface area contributed by atoms with Crippen LogP contribution in [0.3, 0.4) is 0 Å². The van der Waals surface area contributed by atoms with Crippen molar-refractivity contribution >= 4 is 6.21 Å². The Bertz CT molecular complexity index is 84.3. The van der Waals surface area contributed by atoms with Crippen molar-refractivity contribution in [3.63, 3.8) is 0 Å². The second kappa shape index (κ2) is 2.39. The lowest BCUT2D eigenvalue weighted by molar-refractivity contribution is 0.173. The molecule has 1 aliphatic rings. The Hall–Kier alpha value is -0.790. The van der Waals surface area contributed by atoms with E-state index in [9.17, 15) is 0 Å². The third-order valence-electron chi connectivity index (χ3n) is 0.665. The molecule has 0 bridgehead atoms. The minimum atomic E-state index is 0.497. The van der Waals surface area contributed by atoms with Gasteiger partial charge in [-0.3, -0.25) is 0 Å². The summed E-state index contributed by atoms with van der Waals surface area (Å²) in [5.41, 5.74) is 0. The molecule has 0 fully saturated rings. The van der Waals surface area contributed by atoms with E-state index in [1.54, 1.807) is 6.21 Å². The molecule has 1 radical (unpaired) electrons. The van der Waals surface area contributed by atoms with E-state index >= 15 is 0 Å². The van der Waals surface area contributed by atoms with Crippen LogP contribution >= 0.6 is 0 Å². The molecule has 1 heterocycles. The normalized spacial score (nSPS) is 18.3. The minimum absolute atomic E-state index is 0.497. The van der Waals surface area contributed by atoms with E-state index in [2.05, 4.69) is 16.1 Å². The Kier molecular flexibility index (Phi) is 1.50. The second-order valence-electron chi connectivity index (χ2n) is 1.21. The molecular weight excluding hydrogens is 90.1 g/mol. The Morgan fingerprint density at radius 2 is 2.71 bits per heavy atom. The van der Waals surface area contributed by atoms with Crippen LogP contribution in [0.15, 0.2) is 11.2 Å². The van der Waals surface area contributed by atoms with Gasteiger partial charge in [0.2, 0.25) is 0 Å². The van der Waals surface area contributed by atoms with Crippen LogP contribution in [-0.4, -0.2) is 12.8 Å². The van der Waals surface area contributed by atoms with E-state index < -0.39 is 0 Å². The average molecular weight is 96.1 g/mol. The molecule has 2 nitrogen and oxygen atoms in total. The molecule has 0 amide bonds. The fraction of sp³-hybridized carbons (Fsp3) is 0.400. The topological polar surface area (TPSA) is 21.6 Å². The Morgan fingerprint density at radius 1 is 1.71 bits per heavy atom. The van der Waals surface area contributed by atoms with Gasteiger partial charge >= 0.3 is 0 Å². The van der Waals surface area contributed by atoms with E-state index in [0.29, 0.717) is 6.61 Å². The van der Waals surface area contributed by atoms with Gasteiger partial charge in [-0.2, -0.15) is 0 Å². The number of nitrogens with zero attached hydrogens (tertiary/aromatic N) is 1. The van der Waals surface area contributed by atoms with Gasteiger partial charge in [0.1, 0.15) is 6.61 Å². The SMILES string of the molecule is [C]1=CCC=NOC1. The molecule has 0 N–H and O–H groups in total. The Labute approximate surface area is 42.5 Å². The summed E-state index contributed by atoms with van der Waals surface area (Å²) >= 11 is 0. The predicted molar refractivity (Wildman–Crippen MR) is 26.9 cm³/mol. The lowest BCUT2D eigenvalue weighted by Crippen LogP contribution is -1.77. The van der Waals surface area contributed by atoms with E-state index in [0.717, 1.165) is 6.42 Å². The molecule has 0 spiro atoms. The molecule has 0 aromatic rings. The van der Waals surface area contributed by atoms with Crippen LogP contribution in [-0.2, 0) is 4.84 Å². The summed E-state index contributed by atoms with van der Waals surface area (Å²) in [6.45, 7) is 0.497. The number of rotatable bonds is 0. The van der Waals surface area contributed by atoms with E-state index in [4.69, 9.17) is 0 Å². The summed E-state index contributed by atoms with van der Waals surface area (Å²) < 4.78 is 0. The fourth-order valence-electron chi connectivity index (χ4n) is 0.365. The zero-order chi connectivity index (χ0) is 4.95. The van der Waals surface area contributed by atoms with Gasteiger partial charge in [-0.25, -0.2) is 0 Å². The molecule has 37 valence electrons.